The monoisotopic (exact) mass is 193 g/mol. The van der Waals surface area contributed by atoms with Crippen LogP contribution >= 0.6 is 0 Å². The molecule has 76 valence electrons. The molecule has 0 saturated carbocycles. The highest BCUT2D eigenvalue weighted by molar-refractivity contribution is 5.80. The number of ether oxygens (including phenoxy) is 1. The van der Waals surface area contributed by atoms with Crippen LogP contribution in [0.5, 0.6) is 0 Å². The van der Waals surface area contributed by atoms with Gasteiger partial charge in [-0.3, -0.25) is 5.41 Å². The number of hydrogen-bond donors (Lipinski definition) is 2. The van der Waals surface area contributed by atoms with Gasteiger partial charge in [-0.2, -0.15) is 0 Å². The lowest BCUT2D eigenvalue weighted by Gasteiger charge is -2.18. The van der Waals surface area contributed by atoms with Crippen LogP contribution in [0.4, 0.5) is 0 Å². The molecule has 14 heavy (non-hydrogen) atoms. The van der Waals surface area contributed by atoms with Gasteiger partial charge in [0, 0.05) is 0 Å². The highest BCUT2D eigenvalue weighted by Gasteiger charge is 2.21. The second kappa shape index (κ2) is 4.24. The molecule has 0 amide bonds. The van der Waals surface area contributed by atoms with Gasteiger partial charge in [-0.1, -0.05) is 30.3 Å². The molecule has 0 bridgehead atoms. The first-order valence-corrected chi connectivity index (χ1v) is 4.48. The van der Waals surface area contributed by atoms with Crippen molar-refractivity contribution in [3.05, 3.63) is 35.9 Å². The fourth-order valence-corrected chi connectivity index (χ4v) is 0.906. The fourth-order valence-electron chi connectivity index (χ4n) is 0.906. The predicted molar refractivity (Wildman–Crippen MR) is 55.3 cm³/mol. The molecule has 0 aliphatic heterocycles. The Balaban J connectivity index is 2.46. The first-order chi connectivity index (χ1) is 6.50. The maximum atomic E-state index is 9.41. The van der Waals surface area contributed by atoms with E-state index in [1.807, 2.05) is 30.3 Å². The normalized spacial score (nSPS) is 11.1. The van der Waals surface area contributed by atoms with E-state index in [1.165, 1.54) is 13.8 Å². The first kappa shape index (κ1) is 10.7. The van der Waals surface area contributed by atoms with Gasteiger partial charge in [-0.25, -0.2) is 0 Å². The predicted octanol–water partition coefficient (Wildman–Crippen LogP) is 1.95. The summed E-state index contributed by atoms with van der Waals surface area (Å²) in [5, 5.41) is 16.8. The van der Waals surface area contributed by atoms with Crippen LogP contribution in [0.15, 0.2) is 30.3 Å². The van der Waals surface area contributed by atoms with Crippen molar-refractivity contribution < 1.29 is 9.84 Å². The van der Waals surface area contributed by atoms with Crippen molar-refractivity contribution in [3.8, 4) is 0 Å². The quantitative estimate of drug-likeness (QED) is 0.569. The van der Waals surface area contributed by atoms with Crippen molar-refractivity contribution in [2.45, 2.75) is 26.1 Å². The van der Waals surface area contributed by atoms with E-state index in [0.29, 0.717) is 6.61 Å². The molecule has 0 fully saturated rings. The highest BCUT2D eigenvalue weighted by atomic mass is 16.5. The third-order valence-corrected chi connectivity index (χ3v) is 1.78. The van der Waals surface area contributed by atoms with E-state index in [2.05, 4.69) is 0 Å². The van der Waals surface area contributed by atoms with Gasteiger partial charge in [0.25, 0.3) is 0 Å². The van der Waals surface area contributed by atoms with Gasteiger partial charge in [0.1, 0.15) is 12.2 Å². The molecule has 1 aromatic carbocycles. The zero-order valence-electron chi connectivity index (χ0n) is 8.45. The number of benzene rings is 1. The van der Waals surface area contributed by atoms with Crippen LogP contribution in [0.2, 0.25) is 0 Å². The lowest BCUT2D eigenvalue weighted by atomic mass is 10.1. The van der Waals surface area contributed by atoms with Crippen LogP contribution in [0, 0.1) is 5.41 Å². The third kappa shape index (κ3) is 3.18. The Hall–Kier alpha value is -1.35. The van der Waals surface area contributed by atoms with Gasteiger partial charge in [-0.05, 0) is 19.4 Å². The molecule has 0 aliphatic carbocycles. The average molecular weight is 193 g/mol. The van der Waals surface area contributed by atoms with Crippen molar-refractivity contribution in [2.75, 3.05) is 0 Å². The summed E-state index contributed by atoms with van der Waals surface area (Å²) >= 11 is 0. The molecule has 1 aromatic rings. The van der Waals surface area contributed by atoms with Crippen LogP contribution in [-0.4, -0.2) is 16.6 Å². The zero-order chi connectivity index (χ0) is 10.6. The Morgan fingerprint density at radius 3 is 2.43 bits per heavy atom. The first-order valence-electron chi connectivity index (χ1n) is 4.48. The van der Waals surface area contributed by atoms with E-state index in [4.69, 9.17) is 10.1 Å². The Morgan fingerprint density at radius 2 is 1.93 bits per heavy atom. The summed E-state index contributed by atoms with van der Waals surface area (Å²) in [4.78, 5) is 0. The lowest BCUT2D eigenvalue weighted by molar-refractivity contribution is 0.108. The van der Waals surface area contributed by atoms with Crippen molar-refractivity contribution in [2.24, 2.45) is 0 Å². The molecule has 0 unspecified atom stereocenters. The molecular weight excluding hydrogens is 178 g/mol. The number of nitrogens with one attached hydrogen (secondary N) is 1. The maximum absolute atomic E-state index is 9.41. The molecule has 0 saturated heterocycles. The molecule has 2 N–H and O–H groups in total. The molecule has 0 aliphatic rings. The molecule has 0 radical (unpaired) electrons. The van der Waals surface area contributed by atoms with Gasteiger partial charge in [0.15, 0.2) is 0 Å². The minimum atomic E-state index is -1.20. The summed E-state index contributed by atoms with van der Waals surface area (Å²) in [6.45, 7) is 3.38. The Labute approximate surface area is 83.8 Å². The van der Waals surface area contributed by atoms with Gasteiger partial charge in [-0.15, -0.1) is 0 Å². The largest absolute Gasteiger partial charge is 0.474 e. The van der Waals surface area contributed by atoms with Gasteiger partial charge in [0.05, 0.1) is 0 Å². The zero-order valence-corrected chi connectivity index (χ0v) is 8.45. The fraction of sp³-hybridized carbons (Fsp3) is 0.364. The molecule has 0 aromatic heterocycles. The van der Waals surface area contributed by atoms with E-state index in [9.17, 15) is 5.11 Å². The molecule has 1 rings (SSSR count). The summed E-state index contributed by atoms with van der Waals surface area (Å²) in [7, 11) is 0. The van der Waals surface area contributed by atoms with Crippen LogP contribution in [0.3, 0.4) is 0 Å². The number of aliphatic hydroxyl groups is 1. The summed E-state index contributed by atoms with van der Waals surface area (Å²) < 4.78 is 5.13. The van der Waals surface area contributed by atoms with Crippen LogP contribution < -0.4 is 0 Å². The van der Waals surface area contributed by atoms with Crippen LogP contribution in [-0.2, 0) is 11.3 Å². The second-order valence-corrected chi connectivity index (χ2v) is 3.66. The van der Waals surface area contributed by atoms with E-state index < -0.39 is 5.60 Å². The number of rotatable bonds is 3. The summed E-state index contributed by atoms with van der Waals surface area (Å²) in [5.41, 5.74) is -0.212. The van der Waals surface area contributed by atoms with Crippen molar-refractivity contribution in [1.29, 1.82) is 5.41 Å². The van der Waals surface area contributed by atoms with Crippen molar-refractivity contribution >= 4 is 5.90 Å². The minimum Gasteiger partial charge on any atom is -0.474 e. The minimum absolute atomic E-state index is 0.110. The molecule has 0 heterocycles. The van der Waals surface area contributed by atoms with Gasteiger partial charge < -0.3 is 9.84 Å². The van der Waals surface area contributed by atoms with Crippen molar-refractivity contribution in [1.82, 2.24) is 0 Å². The Bertz CT molecular complexity index is 301. The SMILES string of the molecule is CC(C)(O)C(=N)OCc1ccccc1. The van der Waals surface area contributed by atoms with Crippen LogP contribution in [0.25, 0.3) is 0 Å². The van der Waals surface area contributed by atoms with Crippen LogP contribution in [0.1, 0.15) is 19.4 Å². The smallest absolute Gasteiger partial charge is 0.213 e. The molecule has 3 heteroatoms. The highest BCUT2D eigenvalue weighted by Crippen LogP contribution is 2.07. The number of hydrogen-bond acceptors (Lipinski definition) is 3. The molecule has 3 nitrogen and oxygen atoms in total. The van der Waals surface area contributed by atoms with E-state index >= 15 is 0 Å². The summed E-state index contributed by atoms with van der Waals surface area (Å²) in [5.74, 6) is -0.110. The Kier molecular flexibility index (Phi) is 3.25. The standard InChI is InChI=1S/C11H15NO2/c1-11(2,13)10(12)14-8-9-6-4-3-5-7-9/h3-7,12-13H,8H2,1-2H3. The second-order valence-electron chi connectivity index (χ2n) is 3.66. The molecular formula is C11H15NO2. The Morgan fingerprint density at radius 1 is 1.36 bits per heavy atom. The van der Waals surface area contributed by atoms with E-state index in [1.54, 1.807) is 0 Å². The van der Waals surface area contributed by atoms with Crippen molar-refractivity contribution in [3.63, 3.8) is 0 Å². The van der Waals surface area contributed by atoms with Gasteiger partial charge >= 0.3 is 0 Å². The average Bonchev–Trinajstić information content (AvgIpc) is 2.14. The molecule has 0 atom stereocenters. The molecule has 0 spiro atoms. The van der Waals surface area contributed by atoms with E-state index in [-0.39, 0.29) is 5.90 Å². The van der Waals surface area contributed by atoms with E-state index in [0.717, 1.165) is 5.56 Å². The van der Waals surface area contributed by atoms with Gasteiger partial charge in [0.2, 0.25) is 5.90 Å². The maximum Gasteiger partial charge on any atom is 0.213 e. The third-order valence-electron chi connectivity index (χ3n) is 1.78. The summed E-state index contributed by atoms with van der Waals surface area (Å²) in [6.07, 6.45) is 0. The topological polar surface area (TPSA) is 53.3 Å². The lowest BCUT2D eigenvalue weighted by Crippen LogP contribution is -2.32. The summed E-state index contributed by atoms with van der Waals surface area (Å²) in [6, 6.07) is 9.57.